The van der Waals surface area contributed by atoms with Gasteiger partial charge in [0, 0.05) is 5.69 Å². The van der Waals surface area contributed by atoms with Crippen LogP contribution in [0, 0.1) is 0 Å². The largest absolute Gasteiger partial charge is 0.493 e. The number of sulfonamides is 1. The summed E-state index contributed by atoms with van der Waals surface area (Å²) in [6, 6.07) is 13.1. The van der Waals surface area contributed by atoms with Gasteiger partial charge < -0.3 is 30.3 Å². The molecular formula is C28H28F3N5O7S. The van der Waals surface area contributed by atoms with Gasteiger partial charge in [-0.05, 0) is 68.8 Å². The monoisotopic (exact) mass is 635 g/mol. The molecule has 1 atom stereocenters. The minimum absolute atomic E-state index is 0.0371. The first-order chi connectivity index (χ1) is 20.7. The van der Waals surface area contributed by atoms with Crippen LogP contribution < -0.4 is 20.5 Å². The molecule has 0 aliphatic rings. The molecule has 1 amide bonds. The number of carbonyl (C=O) groups is 2. The van der Waals surface area contributed by atoms with Crippen LogP contribution in [-0.4, -0.2) is 53.6 Å². The van der Waals surface area contributed by atoms with Gasteiger partial charge in [0.25, 0.3) is 15.9 Å². The van der Waals surface area contributed by atoms with Gasteiger partial charge in [0.15, 0.2) is 17.4 Å². The van der Waals surface area contributed by atoms with Crippen LogP contribution in [0.2, 0.25) is 0 Å². The van der Waals surface area contributed by atoms with E-state index < -0.39 is 43.5 Å². The highest BCUT2D eigenvalue weighted by atomic mass is 32.2. The molecule has 4 N–H and O–H groups in total. The predicted molar refractivity (Wildman–Crippen MR) is 153 cm³/mol. The number of hydroxylamine groups is 1. The van der Waals surface area contributed by atoms with Crippen molar-refractivity contribution >= 4 is 44.6 Å². The van der Waals surface area contributed by atoms with E-state index in [1.807, 2.05) is 0 Å². The molecule has 1 unspecified atom stereocenters. The van der Waals surface area contributed by atoms with E-state index in [2.05, 4.69) is 20.1 Å². The zero-order chi connectivity index (χ0) is 32.2. The van der Waals surface area contributed by atoms with E-state index in [-0.39, 0.29) is 35.7 Å². The Kier molecular flexibility index (Phi) is 9.22. The summed E-state index contributed by atoms with van der Waals surface area (Å²) in [5.74, 6) is -3.93. The molecule has 4 aromatic rings. The lowest BCUT2D eigenvalue weighted by Gasteiger charge is -2.27. The highest BCUT2D eigenvalue weighted by molar-refractivity contribution is 7.89. The molecule has 0 radical (unpaired) electrons. The van der Waals surface area contributed by atoms with Gasteiger partial charge in [0.1, 0.15) is 6.04 Å². The SMILES string of the molecule is CCOc1cc(C(Nc2ccc3nc(N)[nH]c3c2)C(=O)N(OC(=O)C(F)(F)F)S(=O)(=O)c2ccccc2)ccc1OC(C)C. The number of imidazole rings is 1. The minimum Gasteiger partial charge on any atom is -0.490 e. The predicted octanol–water partition coefficient (Wildman–Crippen LogP) is 4.72. The zero-order valence-electron chi connectivity index (χ0n) is 23.6. The number of nitrogen functional groups attached to an aromatic ring is 1. The van der Waals surface area contributed by atoms with E-state index >= 15 is 0 Å². The van der Waals surface area contributed by atoms with Gasteiger partial charge in [0.05, 0.1) is 28.6 Å². The van der Waals surface area contributed by atoms with Gasteiger partial charge in [-0.1, -0.05) is 28.7 Å². The number of H-pyrrole nitrogens is 1. The number of halogens is 3. The first kappa shape index (κ1) is 31.9. The van der Waals surface area contributed by atoms with Crippen LogP contribution in [0.4, 0.5) is 24.8 Å². The summed E-state index contributed by atoms with van der Waals surface area (Å²) in [7, 11) is -5.16. The van der Waals surface area contributed by atoms with Crippen LogP contribution in [0.1, 0.15) is 32.4 Å². The van der Waals surface area contributed by atoms with Crippen LogP contribution in [0.5, 0.6) is 11.5 Å². The molecule has 16 heteroatoms. The van der Waals surface area contributed by atoms with E-state index in [1.165, 1.54) is 48.5 Å². The molecule has 12 nitrogen and oxygen atoms in total. The number of nitrogens with one attached hydrogen (secondary N) is 2. The number of nitrogens with zero attached hydrogens (tertiary/aromatic N) is 2. The molecular weight excluding hydrogens is 607 g/mol. The van der Waals surface area contributed by atoms with Crippen molar-refractivity contribution in [1.29, 1.82) is 0 Å². The molecule has 3 aromatic carbocycles. The molecule has 0 saturated carbocycles. The zero-order valence-corrected chi connectivity index (χ0v) is 24.4. The first-order valence-corrected chi connectivity index (χ1v) is 14.5. The number of rotatable bonds is 10. The Hall–Kier alpha value is -4.99. The van der Waals surface area contributed by atoms with Gasteiger partial charge in [0.2, 0.25) is 0 Å². The standard InChI is InChI=1S/C28H28F3N5O7S/c1-4-41-23-14-17(10-13-22(23)42-16(2)3)24(33-18-11-12-20-21(15-18)35-27(32)34-20)25(37)36(43-26(38)28(29,30)31)44(39,40)19-8-6-5-7-9-19/h5-16,24,33H,4H2,1-3H3,(H3,32,34,35). The van der Waals surface area contributed by atoms with E-state index in [1.54, 1.807) is 26.8 Å². The Bertz CT molecular complexity index is 1760. The lowest BCUT2D eigenvalue weighted by Crippen LogP contribution is -2.45. The van der Waals surface area contributed by atoms with Crippen LogP contribution in [-0.2, 0) is 24.4 Å². The number of aromatic nitrogens is 2. The van der Waals surface area contributed by atoms with Gasteiger partial charge >= 0.3 is 12.1 Å². The van der Waals surface area contributed by atoms with E-state index in [0.29, 0.717) is 16.8 Å². The molecule has 1 aromatic heterocycles. The Morgan fingerprint density at radius 3 is 2.39 bits per heavy atom. The topological polar surface area (TPSA) is 166 Å². The van der Waals surface area contributed by atoms with Crippen molar-refractivity contribution in [1.82, 2.24) is 14.4 Å². The molecule has 0 aliphatic heterocycles. The fraction of sp³-hybridized carbons (Fsp3) is 0.250. The van der Waals surface area contributed by atoms with E-state index in [0.717, 1.165) is 12.1 Å². The number of benzene rings is 3. The number of alkyl halides is 3. The van der Waals surface area contributed by atoms with Gasteiger partial charge in [-0.3, -0.25) is 4.79 Å². The number of ether oxygens (including phenoxy) is 2. The third-order valence-electron chi connectivity index (χ3n) is 5.86. The Balaban J connectivity index is 1.87. The first-order valence-electron chi connectivity index (χ1n) is 13.1. The Morgan fingerprint density at radius 2 is 1.75 bits per heavy atom. The normalized spacial score (nSPS) is 12.5. The Labute approximate surface area is 249 Å². The highest BCUT2D eigenvalue weighted by Crippen LogP contribution is 2.35. The van der Waals surface area contributed by atoms with Crippen molar-refractivity contribution in [3.63, 3.8) is 0 Å². The van der Waals surface area contributed by atoms with Crippen LogP contribution in [0.3, 0.4) is 0 Å². The van der Waals surface area contributed by atoms with E-state index in [9.17, 15) is 31.2 Å². The second-order valence-corrected chi connectivity index (χ2v) is 11.3. The molecule has 1 heterocycles. The maximum absolute atomic E-state index is 14.1. The second kappa shape index (κ2) is 12.7. The van der Waals surface area contributed by atoms with Crippen molar-refractivity contribution < 1.29 is 45.5 Å². The number of carbonyl (C=O) groups excluding carboxylic acids is 2. The summed E-state index contributed by atoms with van der Waals surface area (Å²) < 4.78 is 77.8. The number of fused-ring (bicyclic) bond motifs is 1. The molecule has 0 saturated heterocycles. The van der Waals surface area contributed by atoms with Crippen LogP contribution >= 0.6 is 0 Å². The molecule has 44 heavy (non-hydrogen) atoms. The lowest BCUT2D eigenvalue weighted by molar-refractivity contribution is -0.223. The third-order valence-corrected chi connectivity index (χ3v) is 7.42. The number of hydrogen-bond acceptors (Lipinski definition) is 10. The van der Waals surface area contributed by atoms with Crippen LogP contribution in [0.25, 0.3) is 11.0 Å². The number of amides is 1. The quantitative estimate of drug-likeness (QED) is 0.208. The smallest absolute Gasteiger partial charge is 0.490 e. The summed E-state index contributed by atoms with van der Waals surface area (Å²) in [5, 5.41) is 2.83. The molecule has 4 rings (SSSR count). The fourth-order valence-corrected chi connectivity index (χ4v) is 5.23. The number of aromatic amines is 1. The summed E-state index contributed by atoms with van der Waals surface area (Å²) >= 11 is 0. The summed E-state index contributed by atoms with van der Waals surface area (Å²) in [6.07, 6.45) is -5.89. The molecule has 234 valence electrons. The van der Waals surface area contributed by atoms with Crippen molar-refractivity contribution in [3.8, 4) is 11.5 Å². The number of hydrogen-bond donors (Lipinski definition) is 3. The summed E-state index contributed by atoms with van der Waals surface area (Å²) in [5.41, 5.74) is 6.87. The van der Waals surface area contributed by atoms with Crippen molar-refractivity contribution in [2.45, 2.75) is 44.0 Å². The van der Waals surface area contributed by atoms with Crippen LogP contribution in [0.15, 0.2) is 71.6 Å². The molecule has 0 spiro atoms. The van der Waals surface area contributed by atoms with E-state index in [4.69, 9.17) is 15.2 Å². The maximum atomic E-state index is 14.1. The van der Waals surface area contributed by atoms with Crippen molar-refractivity contribution in [2.75, 3.05) is 17.7 Å². The fourth-order valence-electron chi connectivity index (χ4n) is 4.03. The molecule has 0 fully saturated rings. The molecule has 0 bridgehead atoms. The van der Waals surface area contributed by atoms with Gasteiger partial charge in [-0.15, -0.1) is 0 Å². The summed E-state index contributed by atoms with van der Waals surface area (Å²) in [6.45, 7) is 5.43. The van der Waals surface area contributed by atoms with Gasteiger partial charge in [-0.2, -0.15) is 21.6 Å². The maximum Gasteiger partial charge on any atom is 0.493 e. The van der Waals surface area contributed by atoms with Crippen molar-refractivity contribution in [3.05, 3.63) is 72.3 Å². The van der Waals surface area contributed by atoms with Gasteiger partial charge in [-0.25, -0.2) is 9.78 Å². The second-order valence-electron chi connectivity index (χ2n) is 9.50. The average Bonchev–Trinajstić information content (AvgIpc) is 3.34. The third kappa shape index (κ3) is 7.14. The lowest BCUT2D eigenvalue weighted by atomic mass is 10.0. The minimum atomic E-state index is -5.63. The Morgan fingerprint density at radius 1 is 1.05 bits per heavy atom. The summed E-state index contributed by atoms with van der Waals surface area (Å²) in [4.78, 5) is 36.5. The number of anilines is 2. The molecule has 0 aliphatic carbocycles. The highest BCUT2D eigenvalue weighted by Gasteiger charge is 2.47. The number of nitrogens with two attached hydrogens (primary N) is 1. The van der Waals surface area contributed by atoms with Crippen molar-refractivity contribution in [2.24, 2.45) is 0 Å². The average molecular weight is 636 g/mol.